The molecule has 3 rings (SSSR count). The molecule has 0 bridgehead atoms. The predicted molar refractivity (Wildman–Crippen MR) is 178 cm³/mol. The molecule has 2 aromatic rings. The van der Waals surface area contributed by atoms with E-state index in [0.717, 1.165) is 22.6 Å². The third kappa shape index (κ3) is 7.13. The first-order valence-corrected chi connectivity index (χ1v) is 23.6. The number of esters is 1. The highest BCUT2D eigenvalue weighted by atomic mass is 28.4. The summed E-state index contributed by atoms with van der Waals surface area (Å²) in [5.41, 5.74) is 2.43. The molecule has 0 N–H and O–H groups in total. The van der Waals surface area contributed by atoms with Crippen molar-refractivity contribution in [2.45, 2.75) is 129 Å². The van der Waals surface area contributed by atoms with Crippen LogP contribution in [0, 0.1) is 0 Å². The molecule has 228 valence electrons. The number of hydrogen-bond acceptors (Lipinski definition) is 5. The SMILES string of the molecule is CC(C)(C)[Si](C)(C)Oc1ccc(C2Cc3cccc(O[Si](C)(C)C(C)(C)C)c3C(=O)O2)cc1O[Si](C)(C)C(C)(C)C. The molecule has 1 atom stereocenters. The van der Waals surface area contributed by atoms with Crippen LogP contribution in [-0.2, 0) is 11.2 Å². The van der Waals surface area contributed by atoms with Gasteiger partial charge in [0, 0.05) is 6.42 Å². The van der Waals surface area contributed by atoms with E-state index in [9.17, 15) is 4.79 Å². The van der Waals surface area contributed by atoms with E-state index in [0.29, 0.717) is 17.7 Å². The van der Waals surface area contributed by atoms with Crippen molar-refractivity contribution < 1.29 is 22.8 Å². The highest BCUT2D eigenvalue weighted by Crippen LogP contribution is 2.46. The van der Waals surface area contributed by atoms with Crippen molar-refractivity contribution in [1.29, 1.82) is 0 Å². The molecule has 41 heavy (non-hydrogen) atoms. The molecule has 0 spiro atoms. The average Bonchev–Trinajstić information content (AvgIpc) is 2.77. The maximum absolute atomic E-state index is 13.5. The summed E-state index contributed by atoms with van der Waals surface area (Å²) in [4.78, 5) is 13.5. The summed E-state index contributed by atoms with van der Waals surface area (Å²) in [6, 6.07) is 12.0. The fourth-order valence-corrected chi connectivity index (χ4v) is 6.92. The Morgan fingerprint density at radius 3 is 1.61 bits per heavy atom. The van der Waals surface area contributed by atoms with Crippen molar-refractivity contribution in [3.05, 3.63) is 53.1 Å². The standard InChI is InChI=1S/C33H54O5Si3/c1-31(2,3)39(10,11)36-25-20-19-23(21-28(25)38-41(14,15)33(7,8)9)27-22-24-17-16-18-26(29(24)30(34)35-27)37-40(12,13)32(4,5)6/h16-21,27H,22H2,1-15H3. The minimum absolute atomic E-state index is 0.0195. The van der Waals surface area contributed by atoms with Gasteiger partial charge < -0.3 is 18.0 Å². The van der Waals surface area contributed by atoms with E-state index in [1.807, 2.05) is 36.4 Å². The maximum atomic E-state index is 13.5. The molecule has 1 unspecified atom stereocenters. The van der Waals surface area contributed by atoms with Gasteiger partial charge in [0.15, 0.2) is 0 Å². The Morgan fingerprint density at radius 2 is 1.12 bits per heavy atom. The van der Waals surface area contributed by atoms with Crippen molar-refractivity contribution in [2.24, 2.45) is 0 Å². The summed E-state index contributed by atoms with van der Waals surface area (Å²) >= 11 is 0. The zero-order chi connectivity index (χ0) is 31.4. The monoisotopic (exact) mass is 614 g/mol. The lowest BCUT2D eigenvalue weighted by molar-refractivity contribution is 0.0249. The third-order valence-electron chi connectivity index (χ3n) is 9.82. The fourth-order valence-electron chi connectivity index (χ4n) is 3.85. The Morgan fingerprint density at radius 1 is 0.659 bits per heavy atom. The van der Waals surface area contributed by atoms with Crippen LogP contribution in [0.2, 0.25) is 54.4 Å². The van der Waals surface area contributed by atoms with Gasteiger partial charge in [0.1, 0.15) is 28.9 Å². The molecule has 0 amide bonds. The number of cyclic esters (lactones) is 1. The Labute approximate surface area is 252 Å². The van der Waals surface area contributed by atoms with E-state index < -0.39 is 31.1 Å². The van der Waals surface area contributed by atoms with Crippen LogP contribution in [0.25, 0.3) is 0 Å². The van der Waals surface area contributed by atoms with Gasteiger partial charge in [0.25, 0.3) is 25.0 Å². The molecule has 5 nitrogen and oxygen atoms in total. The molecule has 0 aromatic heterocycles. The maximum Gasteiger partial charge on any atom is 0.342 e. The van der Waals surface area contributed by atoms with Crippen molar-refractivity contribution in [2.75, 3.05) is 0 Å². The van der Waals surface area contributed by atoms with E-state index in [2.05, 4.69) is 102 Å². The van der Waals surface area contributed by atoms with Gasteiger partial charge in [-0.3, -0.25) is 0 Å². The third-order valence-corrected chi connectivity index (χ3v) is 22.9. The van der Waals surface area contributed by atoms with Gasteiger partial charge in [-0.2, -0.15) is 0 Å². The highest BCUT2D eigenvalue weighted by molar-refractivity contribution is 6.76. The predicted octanol–water partition coefficient (Wildman–Crippen LogP) is 10.3. The van der Waals surface area contributed by atoms with Gasteiger partial charge in [0.2, 0.25) is 0 Å². The number of carbonyl (C=O) groups is 1. The molecule has 0 saturated heterocycles. The van der Waals surface area contributed by atoms with E-state index in [1.54, 1.807) is 0 Å². The minimum Gasteiger partial charge on any atom is -0.543 e. The Hall–Kier alpha value is -2.04. The summed E-state index contributed by atoms with van der Waals surface area (Å²) in [6.45, 7) is 33.4. The number of carbonyl (C=O) groups excluding carboxylic acids is 1. The minimum atomic E-state index is -2.17. The Balaban J connectivity index is 2.02. The first kappa shape index (κ1) is 33.5. The van der Waals surface area contributed by atoms with Gasteiger partial charge in [-0.05, 0) is 83.7 Å². The van der Waals surface area contributed by atoms with E-state index >= 15 is 0 Å². The summed E-state index contributed by atoms with van der Waals surface area (Å²) < 4.78 is 26.3. The highest BCUT2D eigenvalue weighted by Gasteiger charge is 2.43. The van der Waals surface area contributed by atoms with Crippen LogP contribution in [0.5, 0.6) is 17.2 Å². The lowest BCUT2D eigenvalue weighted by Crippen LogP contribution is -2.45. The molecule has 0 saturated carbocycles. The number of ether oxygens (including phenoxy) is 1. The second-order valence-electron chi connectivity index (χ2n) is 16.2. The molecule has 1 aliphatic heterocycles. The Kier molecular flexibility index (Phi) is 8.90. The van der Waals surface area contributed by atoms with E-state index in [4.69, 9.17) is 18.0 Å². The summed E-state index contributed by atoms with van der Waals surface area (Å²) in [5, 5.41) is 0.0896. The fraction of sp³-hybridized carbons (Fsp3) is 0.606. The zero-order valence-electron chi connectivity index (χ0n) is 28.3. The summed E-state index contributed by atoms with van der Waals surface area (Å²) in [7, 11) is -6.42. The van der Waals surface area contributed by atoms with Crippen molar-refractivity contribution in [1.82, 2.24) is 0 Å². The molecule has 0 aliphatic carbocycles. The van der Waals surface area contributed by atoms with Crippen molar-refractivity contribution >= 4 is 30.9 Å². The van der Waals surface area contributed by atoms with Crippen LogP contribution >= 0.6 is 0 Å². The molecule has 0 radical (unpaired) electrons. The second-order valence-corrected chi connectivity index (χ2v) is 30.4. The first-order chi connectivity index (χ1) is 18.4. The number of rotatable bonds is 7. The van der Waals surface area contributed by atoms with Gasteiger partial charge in [0.05, 0.1) is 0 Å². The molecule has 0 fully saturated rings. The van der Waals surface area contributed by atoms with Gasteiger partial charge >= 0.3 is 5.97 Å². The smallest absolute Gasteiger partial charge is 0.342 e. The molecule has 8 heteroatoms. The number of benzene rings is 2. The molecular weight excluding hydrogens is 561 g/mol. The average molecular weight is 615 g/mol. The second kappa shape index (κ2) is 10.9. The molecule has 1 aliphatic rings. The van der Waals surface area contributed by atoms with Gasteiger partial charge in [-0.1, -0.05) is 80.5 Å². The normalized spacial score (nSPS) is 17.0. The van der Waals surface area contributed by atoms with Crippen molar-refractivity contribution in [3.8, 4) is 17.2 Å². The van der Waals surface area contributed by atoms with E-state index in [-0.39, 0.29) is 21.1 Å². The summed E-state index contributed by atoms with van der Waals surface area (Å²) in [5.74, 6) is 1.82. The van der Waals surface area contributed by atoms with Crippen molar-refractivity contribution in [3.63, 3.8) is 0 Å². The van der Waals surface area contributed by atoms with E-state index in [1.165, 1.54) is 0 Å². The zero-order valence-corrected chi connectivity index (χ0v) is 31.3. The molecule has 2 aromatic carbocycles. The van der Waals surface area contributed by atoms with Crippen LogP contribution in [0.1, 0.15) is 89.9 Å². The van der Waals surface area contributed by atoms with Crippen LogP contribution in [0.3, 0.4) is 0 Å². The molecular formula is C33H54O5Si3. The van der Waals surface area contributed by atoms with Crippen LogP contribution in [0.15, 0.2) is 36.4 Å². The van der Waals surface area contributed by atoms with Gasteiger partial charge in [-0.25, -0.2) is 4.79 Å². The first-order valence-electron chi connectivity index (χ1n) is 14.9. The van der Waals surface area contributed by atoms with Crippen LogP contribution in [-0.4, -0.2) is 30.9 Å². The quantitative estimate of drug-likeness (QED) is 0.229. The molecule has 1 heterocycles. The topological polar surface area (TPSA) is 54.0 Å². The number of fused-ring (bicyclic) bond motifs is 1. The number of hydrogen-bond donors (Lipinski definition) is 0. The summed E-state index contributed by atoms with van der Waals surface area (Å²) in [6.07, 6.45) is 0.166. The van der Waals surface area contributed by atoms with Crippen LogP contribution < -0.4 is 13.3 Å². The lowest BCUT2D eigenvalue weighted by atomic mass is 9.94. The van der Waals surface area contributed by atoms with Gasteiger partial charge in [-0.15, -0.1) is 0 Å². The largest absolute Gasteiger partial charge is 0.543 e. The lowest BCUT2D eigenvalue weighted by Gasteiger charge is -2.40. The Bertz CT molecular complexity index is 1280. The van der Waals surface area contributed by atoms with Crippen LogP contribution in [0.4, 0.5) is 0 Å².